The van der Waals surface area contributed by atoms with Gasteiger partial charge in [0.05, 0.1) is 16.8 Å². The number of hydrogen-bond donors (Lipinski definition) is 2. The largest absolute Gasteiger partial charge is 0.410 e. The van der Waals surface area contributed by atoms with Crippen molar-refractivity contribution in [3.8, 4) is 0 Å². The molecule has 0 unspecified atom stereocenters. The predicted octanol–water partition coefficient (Wildman–Crippen LogP) is 6.76. The Bertz CT molecular complexity index is 1130. The van der Waals surface area contributed by atoms with Gasteiger partial charge in [-0.3, -0.25) is 4.79 Å². The van der Waals surface area contributed by atoms with E-state index in [0.717, 1.165) is 4.68 Å². The Morgan fingerprint density at radius 1 is 1.06 bits per heavy atom. The predicted molar refractivity (Wildman–Crippen MR) is 114 cm³/mol. The van der Waals surface area contributed by atoms with Gasteiger partial charge < -0.3 is 10.6 Å². The van der Waals surface area contributed by atoms with Crippen LogP contribution in [0.1, 0.15) is 34.6 Å². The van der Waals surface area contributed by atoms with E-state index in [9.17, 15) is 18.0 Å². The number of anilines is 2. The molecule has 2 heterocycles. The molecule has 4 rings (SSSR count). The number of carbonyl (C=O) groups is 1. The van der Waals surface area contributed by atoms with Gasteiger partial charge in [0.2, 0.25) is 0 Å². The van der Waals surface area contributed by atoms with Crippen molar-refractivity contribution < 1.29 is 18.0 Å². The van der Waals surface area contributed by atoms with E-state index in [4.69, 9.17) is 34.8 Å². The van der Waals surface area contributed by atoms with E-state index in [-0.39, 0.29) is 28.6 Å². The highest BCUT2D eigenvalue weighted by Crippen LogP contribution is 2.43. The van der Waals surface area contributed by atoms with Gasteiger partial charge in [-0.05, 0) is 35.9 Å². The number of benzene rings is 2. The highest BCUT2D eigenvalue weighted by Gasteiger charge is 2.46. The van der Waals surface area contributed by atoms with Gasteiger partial charge in [0.25, 0.3) is 5.91 Å². The molecule has 2 aromatic carbocycles. The minimum absolute atomic E-state index is 0.0795. The summed E-state index contributed by atoms with van der Waals surface area (Å²) in [4.78, 5) is 12.6. The molecule has 3 aromatic rings. The molecule has 0 fully saturated rings. The number of carbonyl (C=O) groups excluding carboxylic acids is 1. The fourth-order valence-corrected chi connectivity index (χ4v) is 3.84. The van der Waals surface area contributed by atoms with E-state index in [1.165, 1.54) is 18.2 Å². The van der Waals surface area contributed by atoms with Gasteiger partial charge >= 0.3 is 6.18 Å². The molecule has 11 heteroatoms. The van der Waals surface area contributed by atoms with Crippen LogP contribution in [0.3, 0.4) is 0 Å². The topological polar surface area (TPSA) is 59.0 Å². The number of rotatable bonds is 3. The third-order valence-corrected chi connectivity index (χ3v) is 5.69. The van der Waals surface area contributed by atoms with Crippen molar-refractivity contribution in [2.75, 3.05) is 10.6 Å². The van der Waals surface area contributed by atoms with E-state index >= 15 is 0 Å². The minimum atomic E-state index is -4.56. The summed E-state index contributed by atoms with van der Waals surface area (Å²) in [5.74, 6) is -0.632. The lowest BCUT2D eigenvalue weighted by atomic mass is 9.97. The minimum Gasteiger partial charge on any atom is -0.363 e. The normalized spacial score (nSPS) is 18.3. The molecule has 1 aromatic heterocycles. The number of alkyl halides is 3. The van der Waals surface area contributed by atoms with Crippen LogP contribution in [0, 0.1) is 0 Å². The molecule has 1 amide bonds. The number of nitrogens with zero attached hydrogens (tertiary/aromatic N) is 2. The maximum absolute atomic E-state index is 13.8. The second kappa shape index (κ2) is 8.26. The summed E-state index contributed by atoms with van der Waals surface area (Å²) in [5, 5.41) is 10.5. The van der Waals surface area contributed by atoms with Crippen LogP contribution in [0.5, 0.6) is 0 Å². The van der Waals surface area contributed by atoms with Gasteiger partial charge in [0.1, 0.15) is 5.82 Å². The lowest BCUT2D eigenvalue weighted by Crippen LogP contribution is -2.35. The van der Waals surface area contributed by atoms with E-state index in [2.05, 4.69) is 15.7 Å². The smallest absolute Gasteiger partial charge is 0.363 e. The van der Waals surface area contributed by atoms with Crippen molar-refractivity contribution in [2.45, 2.75) is 24.7 Å². The maximum Gasteiger partial charge on any atom is 0.410 e. The molecule has 1 aliphatic heterocycles. The number of nitrogens with one attached hydrogen (secondary N) is 2. The van der Waals surface area contributed by atoms with Gasteiger partial charge in [-0.25, -0.2) is 4.68 Å². The van der Waals surface area contributed by atoms with Gasteiger partial charge in [0, 0.05) is 22.5 Å². The molecular formula is C20H14Cl3F3N4O. The van der Waals surface area contributed by atoms with Crippen LogP contribution in [0.2, 0.25) is 15.1 Å². The molecule has 1 aliphatic rings. The van der Waals surface area contributed by atoms with Crippen molar-refractivity contribution in [2.24, 2.45) is 0 Å². The Morgan fingerprint density at radius 2 is 1.74 bits per heavy atom. The van der Waals surface area contributed by atoms with Crippen molar-refractivity contribution in [1.29, 1.82) is 0 Å². The molecule has 0 aliphatic carbocycles. The fourth-order valence-electron chi connectivity index (χ4n) is 3.38. The highest BCUT2D eigenvalue weighted by molar-refractivity contribution is 6.35. The highest BCUT2D eigenvalue weighted by atomic mass is 35.5. The van der Waals surface area contributed by atoms with Crippen molar-refractivity contribution in [1.82, 2.24) is 9.78 Å². The Kier molecular flexibility index (Phi) is 5.81. The number of fused-ring (bicyclic) bond motifs is 1. The molecule has 2 N–H and O–H groups in total. The lowest BCUT2D eigenvalue weighted by Gasteiger charge is -2.33. The average molecular weight is 490 g/mol. The van der Waals surface area contributed by atoms with Crippen LogP contribution in [-0.4, -0.2) is 21.9 Å². The first-order valence-electron chi connectivity index (χ1n) is 9.06. The Labute approximate surface area is 190 Å². The second-order valence-corrected chi connectivity index (χ2v) is 8.26. The molecule has 162 valence electrons. The maximum atomic E-state index is 13.8. The molecular weight excluding hydrogens is 476 g/mol. The van der Waals surface area contributed by atoms with Crippen molar-refractivity contribution in [3.63, 3.8) is 0 Å². The summed E-state index contributed by atoms with van der Waals surface area (Å²) in [6, 6.07) is 9.76. The van der Waals surface area contributed by atoms with E-state index in [0.29, 0.717) is 15.6 Å². The molecule has 0 saturated carbocycles. The number of halogens is 6. The molecule has 5 nitrogen and oxygen atoms in total. The lowest BCUT2D eigenvalue weighted by molar-refractivity contribution is -0.173. The second-order valence-electron chi connectivity index (χ2n) is 6.98. The summed E-state index contributed by atoms with van der Waals surface area (Å²) in [6.45, 7) is 0. The van der Waals surface area contributed by atoms with Crippen molar-refractivity contribution in [3.05, 3.63) is 74.9 Å². The van der Waals surface area contributed by atoms with Gasteiger partial charge in [-0.2, -0.15) is 18.3 Å². The van der Waals surface area contributed by atoms with Crippen LogP contribution < -0.4 is 10.6 Å². The van der Waals surface area contributed by atoms with E-state index in [1.807, 2.05) is 0 Å². The third-order valence-electron chi connectivity index (χ3n) is 4.87. The Hall–Kier alpha value is -2.42. The number of hydrogen-bond acceptors (Lipinski definition) is 3. The Morgan fingerprint density at radius 3 is 2.42 bits per heavy atom. The first kappa shape index (κ1) is 21.8. The van der Waals surface area contributed by atoms with Crippen LogP contribution >= 0.6 is 34.8 Å². The summed E-state index contributed by atoms with van der Waals surface area (Å²) >= 11 is 17.8. The third kappa shape index (κ3) is 4.61. The van der Waals surface area contributed by atoms with Crippen LogP contribution in [0.25, 0.3) is 0 Å². The Balaban J connectivity index is 1.65. The zero-order valence-electron chi connectivity index (χ0n) is 15.6. The average Bonchev–Trinajstić information content (AvgIpc) is 3.14. The van der Waals surface area contributed by atoms with Crippen LogP contribution in [0.15, 0.2) is 48.5 Å². The van der Waals surface area contributed by atoms with E-state index < -0.39 is 24.2 Å². The number of amides is 1. The van der Waals surface area contributed by atoms with Crippen LogP contribution in [-0.2, 0) is 0 Å². The first-order valence-corrected chi connectivity index (χ1v) is 10.2. The fraction of sp³-hybridized carbons (Fsp3) is 0.200. The molecule has 0 saturated heterocycles. The van der Waals surface area contributed by atoms with Crippen LogP contribution in [0.4, 0.5) is 24.7 Å². The zero-order valence-corrected chi connectivity index (χ0v) is 17.8. The first-order chi connectivity index (χ1) is 14.6. The standard InChI is InChI=1S/C20H14Cl3F3N4O/c21-11-3-1-10(2-4-11)14-8-17(20(24,25)26)30-18(27-14)9-16(29-30)19(31)28-15-7-12(22)5-6-13(15)23/h1-7,9,14,17,27H,8H2,(H,28,31)/t14-,17+/m1/s1. The molecule has 0 bridgehead atoms. The molecule has 31 heavy (non-hydrogen) atoms. The molecule has 0 radical (unpaired) electrons. The van der Waals surface area contributed by atoms with E-state index in [1.54, 1.807) is 30.3 Å². The zero-order chi connectivity index (χ0) is 22.3. The quantitative estimate of drug-likeness (QED) is 0.427. The summed E-state index contributed by atoms with van der Waals surface area (Å²) < 4.78 is 42.1. The SMILES string of the molecule is O=C(Nc1cc(Cl)ccc1Cl)c1cc2n(n1)[C@H](C(F)(F)F)C[C@H](c1ccc(Cl)cc1)N2. The van der Waals surface area contributed by atoms with Gasteiger partial charge in [0.15, 0.2) is 11.7 Å². The number of aromatic nitrogens is 2. The summed E-state index contributed by atoms with van der Waals surface area (Å²) in [6.07, 6.45) is -4.85. The van der Waals surface area contributed by atoms with Crippen molar-refractivity contribution >= 4 is 52.2 Å². The van der Waals surface area contributed by atoms with Gasteiger partial charge in [-0.1, -0.05) is 46.9 Å². The summed E-state index contributed by atoms with van der Waals surface area (Å²) in [5.41, 5.74) is 0.678. The van der Waals surface area contributed by atoms with Gasteiger partial charge in [-0.15, -0.1) is 0 Å². The molecule has 2 atom stereocenters. The summed E-state index contributed by atoms with van der Waals surface area (Å²) in [7, 11) is 0. The monoisotopic (exact) mass is 488 g/mol. The molecule has 0 spiro atoms.